The van der Waals surface area contributed by atoms with Crippen LogP contribution in [0.1, 0.15) is 20.1 Å². The number of halogens is 3. The van der Waals surface area contributed by atoms with Crippen LogP contribution in [-0.4, -0.2) is 5.78 Å². The molecule has 94 valence electrons. The van der Waals surface area contributed by atoms with Gasteiger partial charge in [0.1, 0.15) is 0 Å². The van der Waals surface area contributed by atoms with Gasteiger partial charge in [-0.2, -0.15) is 0 Å². The molecule has 2 rings (SSSR count). The maximum atomic E-state index is 13.4. The van der Waals surface area contributed by atoms with Crippen LogP contribution in [0.25, 0.3) is 0 Å². The Labute approximate surface area is 116 Å². The molecule has 0 bridgehead atoms. The van der Waals surface area contributed by atoms with E-state index in [0.717, 1.165) is 10.9 Å². The smallest absolute Gasteiger partial charge is 0.178 e. The Morgan fingerprint density at radius 2 is 2.11 bits per heavy atom. The van der Waals surface area contributed by atoms with Gasteiger partial charge in [-0.05, 0) is 40.5 Å². The van der Waals surface area contributed by atoms with E-state index in [-0.39, 0.29) is 17.8 Å². The number of rotatable bonds is 3. The van der Waals surface area contributed by atoms with Crippen molar-refractivity contribution < 1.29 is 13.6 Å². The van der Waals surface area contributed by atoms with E-state index in [1.54, 1.807) is 0 Å². The van der Waals surface area contributed by atoms with Gasteiger partial charge in [0.05, 0.1) is 4.88 Å². The van der Waals surface area contributed by atoms with Crippen LogP contribution in [-0.2, 0) is 6.42 Å². The fourth-order valence-electron chi connectivity index (χ4n) is 1.61. The monoisotopic (exact) mass is 330 g/mol. The molecule has 5 heteroatoms. The highest BCUT2D eigenvalue weighted by atomic mass is 79.9. The van der Waals surface area contributed by atoms with Gasteiger partial charge >= 0.3 is 0 Å². The molecule has 0 N–H and O–H groups in total. The maximum absolute atomic E-state index is 13.4. The lowest BCUT2D eigenvalue weighted by Crippen LogP contribution is -2.05. The molecule has 0 fully saturated rings. The molecule has 0 aliphatic heterocycles. The lowest BCUT2D eigenvalue weighted by atomic mass is 10.1. The van der Waals surface area contributed by atoms with Crippen LogP contribution >= 0.6 is 27.3 Å². The van der Waals surface area contributed by atoms with E-state index in [1.165, 1.54) is 23.5 Å². The molecule has 0 amide bonds. The van der Waals surface area contributed by atoms with Crippen LogP contribution in [0.4, 0.5) is 8.78 Å². The number of carbonyl (C=O) groups excluding carboxylic acids is 1. The van der Waals surface area contributed by atoms with Crippen molar-refractivity contribution in [2.45, 2.75) is 13.3 Å². The number of thiophene rings is 1. The van der Waals surface area contributed by atoms with Crippen molar-refractivity contribution in [3.05, 3.63) is 55.7 Å². The van der Waals surface area contributed by atoms with Crippen molar-refractivity contribution in [3.8, 4) is 0 Å². The third-order valence-corrected chi connectivity index (χ3v) is 4.43. The molecule has 1 aromatic heterocycles. The van der Waals surface area contributed by atoms with Crippen LogP contribution in [0.5, 0.6) is 0 Å². The first kappa shape index (κ1) is 13.4. The van der Waals surface area contributed by atoms with Crippen molar-refractivity contribution in [2.75, 3.05) is 0 Å². The van der Waals surface area contributed by atoms with Crippen LogP contribution in [0, 0.1) is 18.6 Å². The lowest BCUT2D eigenvalue weighted by Gasteiger charge is -2.02. The molecule has 0 aliphatic carbocycles. The predicted octanol–water partition coefficient (Wildman–Crippen LogP) is 4.52. The van der Waals surface area contributed by atoms with Crippen molar-refractivity contribution in [1.82, 2.24) is 0 Å². The molecule has 0 saturated heterocycles. The second kappa shape index (κ2) is 5.28. The largest absolute Gasteiger partial charge is 0.293 e. The molecular formula is C13H9BrF2OS. The quantitative estimate of drug-likeness (QED) is 0.756. The van der Waals surface area contributed by atoms with Crippen molar-refractivity contribution in [2.24, 2.45) is 0 Å². The second-order valence-electron chi connectivity index (χ2n) is 3.85. The summed E-state index contributed by atoms with van der Waals surface area (Å²) in [6, 6.07) is 5.69. The number of carbonyl (C=O) groups is 1. The molecule has 18 heavy (non-hydrogen) atoms. The van der Waals surface area contributed by atoms with Crippen LogP contribution in [0.3, 0.4) is 0 Å². The predicted molar refractivity (Wildman–Crippen MR) is 71.1 cm³/mol. The van der Waals surface area contributed by atoms with E-state index in [4.69, 9.17) is 0 Å². The fourth-order valence-corrected chi connectivity index (χ4v) is 3.41. The van der Waals surface area contributed by atoms with Crippen molar-refractivity contribution in [3.63, 3.8) is 0 Å². The summed E-state index contributed by atoms with van der Waals surface area (Å²) < 4.78 is 27.2. The molecule has 0 spiro atoms. The molecule has 0 radical (unpaired) electrons. The standard InChI is InChI=1S/C13H9BrF2OS/c1-7-5-9(14)13(18-7)11(17)6-8-3-2-4-10(15)12(8)16/h2-5H,6H2,1H3. The molecule has 2 aromatic rings. The Bertz CT molecular complexity index is 607. The van der Waals surface area contributed by atoms with Crippen LogP contribution < -0.4 is 0 Å². The molecule has 0 aliphatic rings. The van der Waals surface area contributed by atoms with Gasteiger partial charge in [-0.1, -0.05) is 12.1 Å². The van der Waals surface area contributed by atoms with Gasteiger partial charge in [-0.15, -0.1) is 11.3 Å². The SMILES string of the molecule is Cc1cc(Br)c(C(=O)Cc2cccc(F)c2F)s1. The lowest BCUT2D eigenvalue weighted by molar-refractivity contribution is 0.0995. The zero-order valence-electron chi connectivity index (χ0n) is 9.47. The van der Waals surface area contributed by atoms with Gasteiger partial charge in [-0.3, -0.25) is 4.79 Å². The van der Waals surface area contributed by atoms with E-state index in [2.05, 4.69) is 15.9 Å². The van der Waals surface area contributed by atoms with E-state index in [1.807, 2.05) is 13.0 Å². The summed E-state index contributed by atoms with van der Waals surface area (Å²) in [6.45, 7) is 1.88. The molecule has 1 aromatic carbocycles. The Morgan fingerprint density at radius 3 is 2.72 bits per heavy atom. The van der Waals surface area contributed by atoms with Gasteiger partial charge in [0, 0.05) is 15.8 Å². The van der Waals surface area contributed by atoms with Gasteiger partial charge < -0.3 is 0 Å². The highest BCUT2D eigenvalue weighted by molar-refractivity contribution is 9.10. The number of hydrogen-bond acceptors (Lipinski definition) is 2. The van der Waals surface area contributed by atoms with Crippen LogP contribution in [0.2, 0.25) is 0 Å². The average molecular weight is 331 g/mol. The highest BCUT2D eigenvalue weighted by Crippen LogP contribution is 2.28. The van der Waals surface area contributed by atoms with Gasteiger partial charge in [0.2, 0.25) is 0 Å². The molecule has 0 unspecified atom stereocenters. The molecule has 0 atom stereocenters. The summed E-state index contributed by atoms with van der Waals surface area (Å²) in [4.78, 5) is 13.5. The van der Waals surface area contributed by atoms with E-state index < -0.39 is 11.6 Å². The second-order valence-corrected chi connectivity index (χ2v) is 5.96. The first-order chi connectivity index (χ1) is 8.49. The van der Waals surface area contributed by atoms with Gasteiger partial charge in [0.25, 0.3) is 0 Å². The Morgan fingerprint density at radius 1 is 1.39 bits per heavy atom. The van der Waals surface area contributed by atoms with Gasteiger partial charge in [-0.25, -0.2) is 8.78 Å². The minimum Gasteiger partial charge on any atom is -0.293 e. The summed E-state index contributed by atoms with van der Waals surface area (Å²) in [6.07, 6.45) is -0.137. The fraction of sp³-hybridized carbons (Fsp3) is 0.154. The topological polar surface area (TPSA) is 17.1 Å². The highest BCUT2D eigenvalue weighted by Gasteiger charge is 2.17. The maximum Gasteiger partial charge on any atom is 0.178 e. The van der Waals surface area contributed by atoms with Gasteiger partial charge in [0.15, 0.2) is 17.4 Å². The van der Waals surface area contributed by atoms with E-state index in [9.17, 15) is 13.6 Å². The average Bonchev–Trinajstić information content (AvgIpc) is 2.64. The summed E-state index contributed by atoms with van der Waals surface area (Å²) in [5.74, 6) is -2.10. The Kier molecular flexibility index (Phi) is 3.92. The van der Waals surface area contributed by atoms with E-state index >= 15 is 0 Å². The number of aryl methyl sites for hydroxylation is 1. The summed E-state index contributed by atoms with van der Waals surface area (Å²) in [5, 5.41) is 0. The zero-order valence-corrected chi connectivity index (χ0v) is 11.9. The zero-order chi connectivity index (χ0) is 13.3. The number of hydrogen-bond donors (Lipinski definition) is 0. The number of benzene rings is 1. The minimum atomic E-state index is -0.949. The summed E-state index contributed by atoms with van der Waals surface area (Å²) in [5.41, 5.74) is 0.0814. The number of Topliss-reactive ketones (excluding diaryl/α,β-unsaturated/α-hetero) is 1. The van der Waals surface area contributed by atoms with Crippen molar-refractivity contribution >= 4 is 33.0 Å². The molecular weight excluding hydrogens is 322 g/mol. The molecule has 1 heterocycles. The Balaban J connectivity index is 2.27. The normalized spacial score (nSPS) is 10.7. The molecule has 0 saturated carbocycles. The summed E-state index contributed by atoms with van der Waals surface area (Å²) in [7, 11) is 0. The minimum absolute atomic E-state index is 0.0814. The number of ketones is 1. The third-order valence-electron chi connectivity index (χ3n) is 2.45. The van der Waals surface area contributed by atoms with E-state index in [0.29, 0.717) is 9.35 Å². The first-order valence-electron chi connectivity index (χ1n) is 5.21. The van der Waals surface area contributed by atoms with Crippen LogP contribution in [0.15, 0.2) is 28.7 Å². The van der Waals surface area contributed by atoms with Crippen molar-refractivity contribution in [1.29, 1.82) is 0 Å². The first-order valence-corrected chi connectivity index (χ1v) is 6.82. The third kappa shape index (κ3) is 2.67. The summed E-state index contributed by atoms with van der Waals surface area (Å²) >= 11 is 4.62. The molecule has 1 nitrogen and oxygen atoms in total. The Hall–Kier alpha value is -1.07.